The van der Waals surface area contributed by atoms with Gasteiger partial charge in [-0.05, 0) is 81.6 Å². The summed E-state index contributed by atoms with van der Waals surface area (Å²) in [5, 5.41) is 13.8. The minimum atomic E-state index is -0.335. The lowest BCUT2D eigenvalue weighted by Crippen LogP contribution is -2.17. The van der Waals surface area contributed by atoms with Crippen LogP contribution in [0.2, 0.25) is 0 Å². The number of benzene rings is 2. The summed E-state index contributed by atoms with van der Waals surface area (Å²) in [6.45, 7) is 0. The van der Waals surface area contributed by atoms with E-state index in [1.807, 2.05) is 28.7 Å². The van der Waals surface area contributed by atoms with Crippen LogP contribution in [0.15, 0.2) is 41.5 Å². The van der Waals surface area contributed by atoms with Crippen LogP contribution in [0.25, 0.3) is 0 Å². The maximum absolute atomic E-state index is 11.9. The summed E-state index contributed by atoms with van der Waals surface area (Å²) in [5.74, 6) is 0.487. The van der Waals surface area contributed by atoms with Gasteiger partial charge >= 0.3 is 0 Å². The first-order valence-corrected chi connectivity index (χ1v) is 8.32. The van der Waals surface area contributed by atoms with E-state index in [9.17, 15) is 9.90 Å². The number of carbonyl (C=O) groups is 1. The minimum Gasteiger partial charge on any atom is -0.506 e. The van der Waals surface area contributed by atoms with Gasteiger partial charge < -0.3 is 9.84 Å². The molecule has 0 aliphatic heterocycles. The number of methoxy groups -OCH3 is 1. The molecular weight excluding hydrogens is 510 g/mol. The standard InChI is InChI=1S/C15H12I2N2O3/c1-22-12-4-2-9(3-5-12)15(21)19-18-8-10-6-11(16)7-13(17)14(10)20/h2-8,20H,1H3,(H,19,21)/b18-8+. The Morgan fingerprint density at radius 2 is 1.95 bits per heavy atom. The Bertz CT molecular complexity index is 715. The van der Waals surface area contributed by atoms with Crippen molar-refractivity contribution in [3.8, 4) is 11.5 Å². The Morgan fingerprint density at radius 1 is 1.27 bits per heavy atom. The summed E-state index contributed by atoms with van der Waals surface area (Å²) in [5.41, 5.74) is 3.44. The maximum Gasteiger partial charge on any atom is 0.271 e. The Labute approximate surface area is 155 Å². The van der Waals surface area contributed by atoms with Crippen molar-refractivity contribution in [2.75, 3.05) is 7.11 Å². The fourth-order valence-electron chi connectivity index (χ4n) is 1.65. The number of carbonyl (C=O) groups excluding carboxylic acids is 1. The molecule has 0 aliphatic rings. The molecule has 0 aromatic heterocycles. The molecule has 1 amide bonds. The number of phenols is 1. The van der Waals surface area contributed by atoms with Gasteiger partial charge in [0.15, 0.2) is 0 Å². The van der Waals surface area contributed by atoms with Crippen LogP contribution in [0, 0.1) is 7.14 Å². The molecule has 0 saturated heterocycles. The van der Waals surface area contributed by atoms with E-state index >= 15 is 0 Å². The number of hydrogen-bond acceptors (Lipinski definition) is 4. The highest BCUT2D eigenvalue weighted by Gasteiger charge is 2.06. The van der Waals surface area contributed by atoms with Gasteiger partial charge in [0.2, 0.25) is 0 Å². The normalized spacial score (nSPS) is 10.7. The summed E-state index contributed by atoms with van der Waals surface area (Å²) in [6, 6.07) is 10.3. The lowest BCUT2D eigenvalue weighted by molar-refractivity contribution is 0.0955. The third-order valence-corrected chi connectivity index (χ3v) is 4.22. The molecule has 0 unspecified atom stereocenters. The summed E-state index contributed by atoms with van der Waals surface area (Å²) in [4.78, 5) is 11.9. The van der Waals surface area contributed by atoms with Gasteiger partial charge in [-0.2, -0.15) is 5.10 Å². The van der Waals surface area contributed by atoms with E-state index in [1.165, 1.54) is 6.21 Å². The Balaban J connectivity index is 2.07. The lowest BCUT2D eigenvalue weighted by atomic mass is 10.2. The molecule has 2 N–H and O–H groups in total. The van der Waals surface area contributed by atoms with Crippen LogP contribution in [0.4, 0.5) is 0 Å². The predicted octanol–water partition coefficient (Wildman–Crippen LogP) is 3.37. The second-order valence-electron chi connectivity index (χ2n) is 4.25. The van der Waals surface area contributed by atoms with Crippen LogP contribution < -0.4 is 10.2 Å². The number of amides is 1. The number of halogens is 2. The molecule has 0 heterocycles. The molecular formula is C15H12I2N2O3. The highest BCUT2D eigenvalue weighted by molar-refractivity contribution is 14.1. The summed E-state index contributed by atoms with van der Waals surface area (Å²) >= 11 is 4.19. The maximum atomic E-state index is 11.9. The third kappa shape index (κ3) is 4.32. The Morgan fingerprint density at radius 3 is 2.59 bits per heavy atom. The zero-order valence-corrected chi connectivity index (χ0v) is 15.8. The Kier molecular flexibility index (Phi) is 6.00. The zero-order chi connectivity index (χ0) is 16.1. The van der Waals surface area contributed by atoms with Crippen LogP contribution >= 0.6 is 45.2 Å². The molecule has 114 valence electrons. The topological polar surface area (TPSA) is 70.9 Å². The van der Waals surface area contributed by atoms with Gasteiger partial charge in [-0.25, -0.2) is 5.43 Å². The van der Waals surface area contributed by atoms with Gasteiger partial charge in [-0.1, -0.05) is 0 Å². The van der Waals surface area contributed by atoms with Crippen molar-refractivity contribution in [2.24, 2.45) is 5.10 Å². The van der Waals surface area contributed by atoms with Crippen LogP contribution in [0.3, 0.4) is 0 Å². The lowest BCUT2D eigenvalue weighted by Gasteiger charge is -2.04. The van der Waals surface area contributed by atoms with Gasteiger partial charge in [0, 0.05) is 14.7 Å². The first-order chi connectivity index (χ1) is 10.5. The second-order valence-corrected chi connectivity index (χ2v) is 6.66. The number of hydrogen-bond donors (Lipinski definition) is 2. The monoisotopic (exact) mass is 522 g/mol. The summed E-state index contributed by atoms with van der Waals surface area (Å²) in [6.07, 6.45) is 1.42. The van der Waals surface area contributed by atoms with E-state index in [1.54, 1.807) is 37.4 Å². The van der Waals surface area contributed by atoms with Gasteiger partial charge in [0.1, 0.15) is 11.5 Å². The van der Waals surface area contributed by atoms with Crippen molar-refractivity contribution in [1.29, 1.82) is 0 Å². The quantitative estimate of drug-likeness (QED) is 0.368. The molecule has 2 rings (SSSR count). The van der Waals surface area contributed by atoms with Gasteiger partial charge in [-0.15, -0.1) is 0 Å². The van der Waals surface area contributed by atoms with Crippen molar-refractivity contribution in [3.63, 3.8) is 0 Å². The molecule has 5 nitrogen and oxygen atoms in total. The van der Waals surface area contributed by atoms with E-state index in [-0.39, 0.29) is 11.7 Å². The molecule has 0 bridgehead atoms. The molecule has 0 radical (unpaired) electrons. The van der Waals surface area contributed by atoms with Crippen LogP contribution in [-0.4, -0.2) is 24.3 Å². The fraction of sp³-hybridized carbons (Fsp3) is 0.0667. The van der Waals surface area contributed by atoms with Crippen LogP contribution in [0.1, 0.15) is 15.9 Å². The highest BCUT2D eigenvalue weighted by Crippen LogP contribution is 2.25. The first kappa shape index (κ1) is 17.0. The van der Waals surface area contributed by atoms with Crippen molar-refractivity contribution in [3.05, 3.63) is 54.7 Å². The third-order valence-electron chi connectivity index (χ3n) is 2.78. The number of rotatable bonds is 4. The number of aromatic hydroxyl groups is 1. The molecule has 2 aromatic rings. The summed E-state index contributed by atoms with van der Waals surface area (Å²) in [7, 11) is 1.56. The number of nitrogens with zero attached hydrogens (tertiary/aromatic N) is 1. The average molecular weight is 522 g/mol. The average Bonchev–Trinajstić information content (AvgIpc) is 2.51. The largest absolute Gasteiger partial charge is 0.506 e. The molecule has 0 saturated carbocycles. The number of hydrazone groups is 1. The SMILES string of the molecule is COc1ccc(C(=O)N/N=C/c2cc(I)cc(I)c2O)cc1. The van der Waals surface area contributed by atoms with E-state index in [2.05, 4.69) is 33.1 Å². The zero-order valence-electron chi connectivity index (χ0n) is 11.5. The second kappa shape index (κ2) is 7.77. The van der Waals surface area contributed by atoms with E-state index in [4.69, 9.17) is 4.74 Å². The molecule has 0 aliphatic carbocycles. The van der Waals surface area contributed by atoms with Crippen LogP contribution in [0.5, 0.6) is 11.5 Å². The molecule has 22 heavy (non-hydrogen) atoms. The van der Waals surface area contributed by atoms with E-state index in [0.717, 1.165) is 7.14 Å². The molecule has 0 spiro atoms. The van der Waals surface area contributed by atoms with Crippen molar-refractivity contribution >= 4 is 57.3 Å². The van der Waals surface area contributed by atoms with Gasteiger partial charge in [0.25, 0.3) is 5.91 Å². The molecule has 7 heteroatoms. The smallest absolute Gasteiger partial charge is 0.271 e. The predicted molar refractivity (Wildman–Crippen MR) is 102 cm³/mol. The van der Waals surface area contributed by atoms with Crippen LogP contribution in [-0.2, 0) is 0 Å². The minimum absolute atomic E-state index is 0.142. The number of phenolic OH excluding ortho intramolecular Hbond substituents is 1. The van der Waals surface area contributed by atoms with Crippen molar-refractivity contribution in [2.45, 2.75) is 0 Å². The number of nitrogens with one attached hydrogen (secondary N) is 1. The molecule has 0 fully saturated rings. The van der Waals surface area contributed by atoms with E-state index in [0.29, 0.717) is 16.9 Å². The summed E-state index contributed by atoms with van der Waals surface area (Å²) < 4.78 is 6.74. The van der Waals surface area contributed by atoms with E-state index < -0.39 is 0 Å². The highest BCUT2D eigenvalue weighted by atomic mass is 127. The number of ether oxygens (including phenoxy) is 1. The van der Waals surface area contributed by atoms with Crippen molar-refractivity contribution < 1.29 is 14.6 Å². The van der Waals surface area contributed by atoms with Gasteiger partial charge in [-0.3, -0.25) is 4.79 Å². The molecule has 2 aromatic carbocycles. The molecule has 0 atom stereocenters. The first-order valence-electron chi connectivity index (χ1n) is 6.16. The Hall–Kier alpha value is -1.36. The van der Waals surface area contributed by atoms with Gasteiger partial charge in [0.05, 0.1) is 16.9 Å². The van der Waals surface area contributed by atoms with Crippen molar-refractivity contribution in [1.82, 2.24) is 5.43 Å². The fourth-order valence-corrected chi connectivity index (χ4v) is 3.54.